The lowest BCUT2D eigenvalue weighted by Crippen LogP contribution is -2.47. The summed E-state index contributed by atoms with van der Waals surface area (Å²) in [4.78, 5) is 0. The number of unbranched alkanes of at least 4 members (excludes halogenated alkanes) is 5. The Morgan fingerprint density at radius 3 is 1.90 bits per heavy atom. The van der Waals surface area contributed by atoms with Crippen molar-refractivity contribution in [1.29, 1.82) is 0 Å². The smallest absolute Gasteiger partial charge is 0.285 e. The Morgan fingerprint density at radius 2 is 1.32 bits per heavy atom. The lowest BCUT2D eigenvalue weighted by atomic mass is 9.82. The summed E-state index contributed by atoms with van der Waals surface area (Å²) in [7, 11) is 0. The van der Waals surface area contributed by atoms with E-state index < -0.39 is 5.97 Å². The zero-order valence-corrected chi connectivity index (χ0v) is 21.2. The van der Waals surface area contributed by atoms with Gasteiger partial charge in [0.25, 0.3) is 5.97 Å². The Balaban J connectivity index is 2.01. The van der Waals surface area contributed by atoms with Crippen LogP contribution in [-0.4, -0.2) is 38.0 Å². The molecular weight excluding hydrogens is 388 g/mol. The summed E-state index contributed by atoms with van der Waals surface area (Å²) in [6, 6.07) is 0. The van der Waals surface area contributed by atoms with Crippen molar-refractivity contribution < 1.29 is 18.9 Å². The molecule has 2 rings (SSSR count). The van der Waals surface area contributed by atoms with Crippen LogP contribution in [-0.2, 0) is 18.9 Å². The zero-order valence-electron chi connectivity index (χ0n) is 21.2. The third-order valence-corrected chi connectivity index (χ3v) is 6.96. The van der Waals surface area contributed by atoms with Gasteiger partial charge in [-0.25, -0.2) is 0 Å². The predicted octanol–water partition coefficient (Wildman–Crippen LogP) is 7.63. The van der Waals surface area contributed by atoms with Crippen molar-refractivity contribution in [2.75, 3.05) is 19.8 Å². The van der Waals surface area contributed by atoms with Crippen molar-refractivity contribution >= 4 is 0 Å². The van der Waals surface area contributed by atoms with Gasteiger partial charge in [-0.3, -0.25) is 0 Å². The fraction of sp³-hybridized carbons (Fsp3) is 1.00. The molecule has 4 nitrogen and oxygen atoms in total. The maximum absolute atomic E-state index is 6.44. The van der Waals surface area contributed by atoms with Crippen LogP contribution in [0.15, 0.2) is 0 Å². The van der Waals surface area contributed by atoms with Crippen LogP contribution in [0.1, 0.15) is 124 Å². The Bertz CT molecular complexity index is 419. The lowest BCUT2D eigenvalue weighted by Gasteiger charge is -2.40. The monoisotopic (exact) mass is 440 g/mol. The van der Waals surface area contributed by atoms with E-state index in [2.05, 4.69) is 27.7 Å². The first kappa shape index (κ1) is 27.1. The molecule has 0 N–H and O–H groups in total. The second kappa shape index (κ2) is 15.6. The minimum Gasteiger partial charge on any atom is -0.370 e. The summed E-state index contributed by atoms with van der Waals surface area (Å²) in [6.07, 6.45) is 19.4. The number of epoxide rings is 1. The highest BCUT2D eigenvalue weighted by atomic mass is 16.9. The van der Waals surface area contributed by atoms with Gasteiger partial charge in [-0.15, -0.1) is 0 Å². The summed E-state index contributed by atoms with van der Waals surface area (Å²) < 4.78 is 25.1. The zero-order chi connectivity index (χ0) is 22.4. The van der Waals surface area contributed by atoms with Gasteiger partial charge in [0.05, 0.1) is 32.0 Å². The molecular formula is C27H52O4. The number of rotatable bonds is 20. The van der Waals surface area contributed by atoms with E-state index in [1.165, 1.54) is 64.2 Å². The van der Waals surface area contributed by atoms with E-state index >= 15 is 0 Å². The standard InChI is InChI=1S/C27H52O4/c1-5-9-10-11-12-13-14-24(17-15-23-16-18-25-26(22-23)31-25)27(28-19-6-2,29-20-7-3)30-21-8-4/h23-26H,5-22H2,1-4H3. The Labute approximate surface area is 193 Å². The molecule has 4 atom stereocenters. The molecule has 4 unspecified atom stereocenters. The summed E-state index contributed by atoms with van der Waals surface area (Å²) in [6.45, 7) is 10.9. The fourth-order valence-electron chi connectivity index (χ4n) is 5.07. The Hall–Kier alpha value is -0.160. The summed E-state index contributed by atoms with van der Waals surface area (Å²) >= 11 is 0. The first-order chi connectivity index (χ1) is 15.2. The van der Waals surface area contributed by atoms with Crippen molar-refractivity contribution in [2.24, 2.45) is 11.8 Å². The summed E-state index contributed by atoms with van der Waals surface area (Å²) in [5.41, 5.74) is 0. The van der Waals surface area contributed by atoms with Crippen LogP contribution in [0.25, 0.3) is 0 Å². The maximum atomic E-state index is 6.44. The van der Waals surface area contributed by atoms with E-state index in [0.29, 0.717) is 37.9 Å². The first-order valence-electron chi connectivity index (χ1n) is 13.8. The number of hydrogen-bond donors (Lipinski definition) is 0. The van der Waals surface area contributed by atoms with E-state index in [4.69, 9.17) is 18.9 Å². The minimum absolute atomic E-state index is 0.307. The van der Waals surface area contributed by atoms with Crippen LogP contribution < -0.4 is 0 Å². The molecule has 2 aliphatic rings. The van der Waals surface area contributed by atoms with Crippen molar-refractivity contribution in [2.45, 2.75) is 142 Å². The molecule has 0 aromatic rings. The molecule has 0 radical (unpaired) electrons. The average Bonchev–Trinajstić information content (AvgIpc) is 3.57. The highest BCUT2D eigenvalue weighted by Gasteiger charge is 2.45. The average molecular weight is 441 g/mol. The van der Waals surface area contributed by atoms with Gasteiger partial charge in [0.1, 0.15) is 0 Å². The van der Waals surface area contributed by atoms with E-state index in [1.807, 2.05) is 0 Å². The first-order valence-corrected chi connectivity index (χ1v) is 13.8. The van der Waals surface area contributed by atoms with Gasteiger partial charge in [-0.1, -0.05) is 66.2 Å². The maximum Gasteiger partial charge on any atom is 0.285 e. The normalized spacial score (nSPS) is 24.2. The molecule has 0 bridgehead atoms. The quantitative estimate of drug-likeness (QED) is 0.111. The molecule has 184 valence electrons. The largest absolute Gasteiger partial charge is 0.370 e. The Kier molecular flexibility index (Phi) is 13.7. The Morgan fingerprint density at radius 1 is 0.710 bits per heavy atom. The molecule has 4 heteroatoms. The van der Waals surface area contributed by atoms with Gasteiger partial charge < -0.3 is 18.9 Å². The van der Waals surface area contributed by atoms with Gasteiger partial charge in [-0.05, 0) is 63.7 Å². The van der Waals surface area contributed by atoms with Crippen molar-refractivity contribution in [3.05, 3.63) is 0 Å². The molecule has 1 heterocycles. The second-order valence-electron chi connectivity index (χ2n) is 9.87. The summed E-state index contributed by atoms with van der Waals surface area (Å²) in [5, 5.41) is 0. The van der Waals surface area contributed by atoms with Crippen LogP contribution >= 0.6 is 0 Å². The molecule has 1 aliphatic carbocycles. The molecule has 2 fully saturated rings. The van der Waals surface area contributed by atoms with Crippen molar-refractivity contribution in [3.63, 3.8) is 0 Å². The second-order valence-corrected chi connectivity index (χ2v) is 9.87. The van der Waals surface area contributed by atoms with E-state index in [0.717, 1.165) is 38.0 Å². The van der Waals surface area contributed by atoms with Crippen LogP contribution in [0.2, 0.25) is 0 Å². The molecule has 1 saturated carbocycles. The SMILES string of the molecule is CCCCCCCCC(CCC1CCC2OC2C1)C(OCCC)(OCCC)OCCC. The molecule has 0 amide bonds. The lowest BCUT2D eigenvalue weighted by molar-refractivity contribution is -0.407. The third-order valence-electron chi connectivity index (χ3n) is 6.96. The van der Waals surface area contributed by atoms with Crippen molar-refractivity contribution in [1.82, 2.24) is 0 Å². The summed E-state index contributed by atoms with van der Waals surface area (Å²) in [5.74, 6) is 0.233. The van der Waals surface area contributed by atoms with Gasteiger partial charge in [0, 0.05) is 5.92 Å². The molecule has 31 heavy (non-hydrogen) atoms. The van der Waals surface area contributed by atoms with Crippen molar-refractivity contribution in [3.8, 4) is 0 Å². The molecule has 0 aromatic heterocycles. The number of ether oxygens (including phenoxy) is 4. The van der Waals surface area contributed by atoms with Crippen LogP contribution in [0.3, 0.4) is 0 Å². The molecule has 1 aliphatic heterocycles. The minimum atomic E-state index is -0.862. The highest BCUT2D eigenvalue weighted by molar-refractivity contribution is 4.92. The van der Waals surface area contributed by atoms with E-state index in [-0.39, 0.29) is 0 Å². The van der Waals surface area contributed by atoms with Gasteiger partial charge in [0.15, 0.2) is 0 Å². The highest BCUT2D eigenvalue weighted by Crippen LogP contribution is 2.43. The van der Waals surface area contributed by atoms with Crippen LogP contribution in [0.4, 0.5) is 0 Å². The van der Waals surface area contributed by atoms with Gasteiger partial charge in [0.2, 0.25) is 0 Å². The van der Waals surface area contributed by atoms with Crippen LogP contribution in [0.5, 0.6) is 0 Å². The third kappa shape index (κ3) is 9.70. The van der Waals surface area contributed by atoms with E-state index in [9.17, 15) is 0 Å². The topological polar surface area (TPSA) is 40.2 Å². The van der Waals surface area contributed by atoms with Gasteiger partial charge in [-0.2, -0.15) is 0 Å². The predicted molar refractivity (Wildman–Crippen MR) is 128 cm³/mol. The van der Waals surface area contributed by atoms with E-state index in [1.54, 1.807) is 0 Å². The van der Waals surface area contributed by atoms with Gasteiger partial charge >= 0.3 is 0 Å². The molecule has 0 aromatic carbocycles. The number of hydrogen-bond acceptors (Lipinski definition) is 4. The fourth-order valence-corrected chi connectivity index (χ4v) is 5.07. The van der Waals surface area contributed by atoms with Crippen LogP contribution in [0, 0.1) is 11.8 Å². The molecule has 1 saturated heterocycles. The number of fused-ring (bicyclic) bond motifs is 1. The molecule has 0 spiro atoms.